The van der Waals surface area contributed by atoms with Crippen LogP contribution in [-0.4, -0.2) is 65.9 Å². The molecule has 0 aliphatic carbocycles. The molecule has 0 saturated carbocycles. The monoisotopic (exact) mass is 302 g/mol. The molecule has 0 amide bonds. The molecule has 0 aromatic carbocycles. The average molecular weight is 303 g/mol. The highest BCUT2D eigenvalue weighted by Crippen LogP contribution is 1.94. The lowest BCUT2D eigenvalue weighted by Gasteiger charge is -2.23. The number of quaternary nitrogens is 2. The van der Waals surface area contributed by atoms with E-state index < -0.39 is 0 Å². The van der Waals surface area contributed by atoms with Gasteiger partial charge in [-0.2, -0.15) is 0 Å². The first kappa shape index (κ1) is 26.3. The second kappa shape index (κ2) is 13.1. The molecule has 0 unspecified atom stereocenters. The highest BCUT2D eigenvalue weighted by Gasteiger charge is 2.09. The van der Waals surface area contributed by atoms with Crippen LogP contribution in [0.4, 0.5) is 0 Å². The summed E-state index contributed by atoms with van der Waals surface area (Å²) in [6, 6.07) is 0. The smallest absolute Gasteiger partial charge is 0.333 e. The average Bonchev–Trinajstić information content (AvgIpc) is 2.00. The Balaban J connectivity index is -0.000000143. The Bertz CT molecular complexity index is 224. The van der Waals surface area contributed by atoms with E-state index in [9.17, 15) is 4.79 Å². The minimum Gasteiger partial charge on any atom is -1.00 e. The van der Waals surface area contributed by atoms with Gasteiger partial charge < -0.3 is 38.9 Å². The number of carbonyl (C=O) groups excluding carboxylic acids is 1. The number of halogens is 2. The first-order valence-electron chi connectivity index (χ1n) is 5.46. The second-order valence-corrected chi connectivity index (χ2v) is 5.43. The van der Waals surface area contributed by atoms with Crippen molar-refractivity contribution in [2.24, 2.45) is 0 Å². The van der Waals surface area contributed by atoms with Crippen LogP contribution in [0.5, 0.6) is 0 Å². The summed E-state index contributed by atoms with van der Waals surface area (Å²) in [7, 11) is 12.4. The number of hydrogen-bond donors (Lipinski definition) is 1. The van der Waals surface area contributed by atoms with Crippen LogP contribution in [-0.2, 0) is 9.53 Å². The van der Waals surface area contributed by atoms with E-state index in [1.165, 1.54) is 4.90 Å². The zero-order valence-corrected chi connectivity index (χ0v) is 14.2. The van der Waals surface area contributed by atoms with Crippen LogP contribution >= 0.6 is 0 Å². The van der Waals surface area contributed by atoms with Gasteiger partial charge in [-0.25, -0.2) is 4.79 Å². The summed E-state index contributed by atoms with van der Waals surface area (Å²) in [5.74, 6) is -0.302. The van der Waals surface area contributed by atoms with Crippen LogP contribution < -0.4 is 29.7 Å². The van der Waals surface area contributed by atoms with Gasteiger partial charge in [-0.1, -0.05) is 6.58 Å². The Kier molecular flexibility index (Phi) is 19.2. The molecule has 0 saturated heterocycles. The third-order valence-electron chi connectivity index (χ3n) is 1.34. The molecule has 0 rings (SSSR count). The van der Waals surface area contributed by atoms with Crippen molar-refractivity contribution in [1.82, 2.24) is 0 Å². The van der Waals surface area contributed by atoms with Crippen LogP contribution in [0.2, 0.25) is 0 Å². The molecule has 1 N–H and O–H groups in total. The van der Waals surface area contributed by atoms with Crippen LogP contribution in [0.1, 0.15) is 6.92 Å². The van der Waals surface area contributed by atoms with Crippen molar-refractivity contribution in [2.45, 2.75) is 6.92 Å². The molecule has 4 nitrogen and oxygen atoms in total. The van der Waals surface area contributed by atoms with Gasteiger partial charge in [-0.15, -0.1) is 0 Å². The molecule has 0 fully saturated rings. The van der Waals surface area contributed by atoms with Crippen LogP contribution in [0.3, 0.4) is 0 Å². The van der Waals surface area contributed by atoms with Gasteiger partial charge in [0.15, 0.2) is 0 Å². The van der Waals surface area contributed by atoms with Crippen molar-refractivity contribution in [2.75, 3.05) is 55.4 Å². The maximum Gasteiger partial charge on any atom is 0.333 e. The van der Waals surface area contributed by atoms with Crippen LogP contribution in [0.25, 0.3) is 0 Å². The third-order valence-corrected chi connectivity index (χ3v) is 1.34. The molecule has 0 bridgehead atoms. The normalized spacial score (nSPS) is 9.33. The molecule has 112 valence electrons. The van der Waals surface area contributed by atoms with E-state index >= 15 is 0 Å². The lowest BCUT2D eigenvalue weighted by Crippen LogP contribution is -3.02. The zero-order valence-electron chi connectivity index (χ0n) is 12.6. The molecular weight excluding hydrogens is 275 g/mol. The summed E-state index contributed by atoms with van der Waals surface area (Å²) in [6.45, 7) is 6.41. The molecular formula is C12H28Cl2N2O2. The number of ether oxygens (including phenoxy) is 1. The van der Waals surface area contributed by atoms with Crippen LogP contribution in [0, 0.1) is 0 Å². The van der Waals surface area contributed by atoms with Crippen molar-refractivity contribution in [3.8, 4) is 0 Å². The highest BCUT2D eigenvalue weighted by molar-refractivity contribution is 5.86. The lowest BCUT2D eigenvalue weighted by atomic mass is 10.4. The SMILES string of the molecule is C=C(C)C(=O)OCC[N+](C)(C)C.C[NH+](C)C.[Cl-].[Cl-]. The Morgan fingerprint density at radius 1 is 1.17 bits per heavy atom. The molecule has 0 aromatic heterocycles. The minimum absolute atomic E-state index is 0. The third kappa shape index (κ3) is 29.6. The molecule has 0 aliphatic heterocycles. The van der Waals surface area contributed by atoms with Gasteiger partial charge >= 0.3 is 5.97 Å². The first-order chi connectivity index (χ1) is 7.06. The fraction of sp³-hybridized carbons (Fsp3) is 0.750. The maximum absolute atomic E-state index is 10.9. The summed E-state index contributed by atoms with van der Waals surface area (Å²) in [4.78, 5) is 12.3. The number of carbonyl (C=O) groups is 1. The molecule has 0 heterocycles. The van der Waals surface area contributed by atoms with E-state index in [1.807, 2.05) is 0 Å². The number of nitrogens with one attached hydrogen (secondary N) is 1. The molecule has 0 atom stereocenters. The lowest BCUT2D eigenvalue weighted by molar-refractivity contribution is -0.870. The van der Waals surface area contributed by atoms with Crippen molar-refractivity contribution in [1.29, 1.82) is 0 Å². The van der Waals surface area contributed by atoms with E-state index in [1.54, 1.807) is 6.92 Å². The van der Waals surface area contributed by atoms with E-state index in [4.69, 9.17) is 4.74 Å². The first-order valence-corrected chi connectivity index (χ1v) is 5.46. The summed E-state index contributed by atoms with van der Waals surface area (Å²) in [5.41, 5.74) is 0.455. The molecule has 0 spiro atoms. The van der Waals surface area contributed by atoms with Gasteiger partial charge in [0.25, 0.3) is 0 Å². The predicted octanol–water partition coefficient (Wildman–Crippen LogP) is -6.42. The number of rotatable bonds is 4. The van der Waals surface area contributed by atoms with Gasteiger partial charge in [0.2, 0.25) is 0 Å². The number of nitrogens with zero attached hydrogens (tertiary/aromatic N) is 1. The summed E-state index contributed by atoms with van der Waals surface area (Å²) in [5, 5.41) is 0. The molecule has 0 radical (unpaired) electrons. The molecule has 0 aromatic rings. The van der Waals surface area contributed by atoms with Gasteiger partial charge in [0.05, 0.1) is 42.3 Å². The van der Waals surface area contributed by atoms with Crippen molar-refractivity contribution in [3.63, 3.8) is 0 Å². The maximum atomic E-state index is 10.9. The Morgan fingerprint density at radius 3 is 1.72 bits per heavy atom. The van der Waals surface area contributed by atoms with Gasteiger partial charge in [0.1, 0.15) is 13.2 Å². The Hall–Kier alpha value is -0.290. The zero-order chi connectivity index (χ0) is 13.4. The van der Waals surface area contributed by atoms with Crippen LogP contribution in [0.15, 0.2) is 12.2 Å². The quantitative estimate of drug-likeness (QED) is 0.318. The standard InChI is InChI=1S/C9H18NO2.C3H9N.2ClH/c1-8(2)9(11)12-7-6-10(3,4)5;1-4(2)3;;/h1,6-7H2,2-5H3;1-3H3;2*1H/q+1;;;/p-1. The topological polar surface area (TPSA) is 30.7 Å². The van der Waals surface area contributed by atoms with Crippen molar-refractivity contribution in [3.05, 3.63) is 12.2 Å². The summed E-state index contributed by atoms with van der Waals surface area (Å²) >= 11 is 0. The molecule has 0 aliphatic rings. The largest absolute Gasteiger partial charge is 1.00 e. The summed E-state index contributed by atoms with van der Waals surface area (Å²) < 4.78 is 5.72. The number of likely N-dealkylation sites (N-methyl/N-ethyl adjacent to an activating group) is 1. The predicted molar refractivity (Wildman–Crippen MR) is 67.4 cm³/mol. The molecule has 6 heteroatoms. The van der Waals surface area contributed by atoms with Crippen molar-refractivity contribution >= 4 is 5.97 Å². The van der Waals surface area contributed by atoms with E-state index in [2.05, 4.69) is 48.9 Å². The number of hydrogen-bond acceptors (Lipinski definition) is 2. The van der Waals surface area contributed by atoms with Crippen molar-refractivity contribution < 1.29 is 43.7 Å². The van der Waals surface area contributed by atoms with E-state index in [0.29, 0.717) is 12.2 Å². The Morgan fingerprint density at radius 2 is 1.50 bits per heavy atom. The van der Waals surface area contributed by atoms with Gasteiger partial charge in [-0.05, 0) is 6.92 Å². The fourth-order valence-corrected chi connectivity index (χ4v) is 0.535. The van der Waals surface area contributed by atoms with Gasteiger partial charge in [0, 0.05) is 5.57 Å². The fourth-order valence-electron chi connectivity index (χ4n) is 0.535. The second-order valence-electron chi connectivity index (χ2n) is 5.43. The highest BCUT2D eigenvalue weighted by atomic mass is 35.5. The van der Waals surface area contributed by atoms with E-state index in [0.717, 1.165) is 11.0 Å². The molecule has 18 heavy (non-hydrogen) atoms. The van der Waals surface area contributed by atoms with E-state index in [-0.39, 0.29) is 30.8 Å². The van der Waals surface area contributed by atoms with Gasteiger partial charge in [-0.3, -0.25) is 0 Å². The Labute approximate surface area is 124 Å². The minimum atomic E-state index is -0.302. The number of esters is 1. The summed E-state index contributed by atoms with van der Waals surface area (Å²) in [6.07, 6.45) is 0.